The van der Waals surface area contributed by atoms with Gasteiger partial charge in [-0.3, -0.25) is 4.98 Å². The lowest BCUT2D eigenvalue weighted by Crippen LogP contribution is -2.19. The average molecular weight is 282 g/mol. The van der Waals surface area contributed by atoms with Crippen molar-refractivity contribution < 1.29 is 0 Å². The van der Waals surface area contributed by atoms with Gasteiger partial charge in [-0.2, -0.15) is 0 Å². The Morgan fingerprint density at radius 1 is 1.19 bits per heavy atom. The molecule has 1 N–H and O–H groups in total. The topological polar surface area (TPSA) is 24.9 Å². The van der Waals surface area contributed by atoms with E-state index in [1.165, 1.54) is 40.6 Å². The largest absolute Gasteiger partial charge is 0.310 e. The molecule has 3 rings (SSSR count). The van der Waals surface area contributed by atoms with Crippen molar-refractivity contribution in [1.82, 2.24) is 10.3 Å². The highest BCUT2D eigenvalue weighted by Gasteiger charge is 2.22. The molecule has 0 saturated heterocycles. The zero-order chi connectivity index (χ0) is 15.0. The van der Waals surface area contributed by atoms with Crippen LogP contribution >= 0.6 is 0 Å². The van der Waals surface area contributed by atoms with E-state index in [1.54, 1.807) is 0 Å². The molecule has 1 aromatic heterocycles. The molecule has 1 aromatic carbocycles. The summed E-state index contributed by atoms with van der Waals surface area (Å²) in [5.41, 5.74) is 5.23. The van der Waals surface area contributed by atoms with Gasteiger partial charge < -0.3 is 5.32 Å². The molecule has 0 bridgehead atoms. The highest BCUT2D eigenvalue weighted by atomic mass is 14.9. The van der Waals surface area contributed by atoms with Crippen molar-refractivity contribution in [2.24, 2.45) is 0 Å². The van der Waals surface area contributed by atoms with Crippen LogP contribution in [0.3, 0.4) is 0 Å². The SMILES string of the molecule is CCc1cccc2c(CNC3CC3)cc(C(C)(C)C)nc12. The van der Waals surface area contributed by atoms with Crippen LogP contribution in [0.4, 0.5) is 0 Å². The summed E-state index contributed by atoms with van der Waals surface area (Å²) in [5.74, 6) is 0. The normalized spacial score (nSPS) is 15.6. The van der Waals surface area contributed by atoms with Gasteiger partial charge in [0, 0.05) is 29.1 Å². The maximum Gasteiger partial charge on any atom is 0.0740 e. The summed E-state index contributed by atoms with van der Waals surface area (Å²) in [7, 11) is 0. The fraction of sp³-hybridized carbons (Fsp3) is 0.526. The van der Waals surface area contributed by atoms with Gasteiger partial charge in [-0.1, -0.05) is 45.9 Å². The Morgan fingerprint density at radius 3 is 2.57 bits per heavy atom. The maximum absolute atomic E-state index is 4.99. The van der Waals surface area contributed by atoms with Crippen molar-refractivity contribution in [2.45, 2.75) is 65.0 Å². The number of hydrogen-bond acceptors (Lipinski definition) is 2. The molecule has 2 heteroatoms. The van der Waals surface area contributed by atoms with Crippen LogP contribution in [0.5, 0.6) is 0 Å². The van der Waals surface area contributed by atoms with E-state index in [4.69, 9.17) is 4.98 Å². The van der Waals surface area contributed by atoms with Crippen molar-refractivity contribution in [3.8, 4) is 0 Å². The van der Waals surface area contributed by atoms with E-state index < -0.39 is 0 Å². The number of hydrogen-bond donors (Lipinski definition) is 1. The van der Waals surface area contributed by atoms with Crippen molar-refractivity contribution >= 4 is 10.9 Å². The smallest absolute Gasteiger partial charge is 0.0740 e. The first kappa shape index (κ1) is 14.5. The van der Waals surface area contributed by atoms with Crippen LogP contribution in [0, 0.1) is 0 Å². The quantitative estimate of drug-likeness (QED) is 0.902. The Kier molecular flexibility index (Phi) is 3.75. The van der Waals surface area contributed by atoms with Crippen molar-refractivity contribution in [2.75, 3.05) is 0 Å². The van der Waals surface area contributed by atoms with Crippen LogP contribution in [0.1, 0.15) is 57.4 Å². The molecule has 2 nitrogen and oxygen atoms in total. The number of aromatic nitrogens is 1. The van der Waals surface area contributed by atoms with Crippen molar-refractivity contribution in [3.63, 3.8) is 0 Å². The predicted molar refractivity (Wildman–Crippen MR) is 89.7 cm³/mol. The van der Waals surface area contributed by atoms with Gasteiger partial charge in [0.05, 0.1) is 5.52 Å². The van der Waals surface area contributed by atoms with Gasteiger partial charge in [-0.15, -0.1) is 0 Å². The molecule has 1 aliphatic carbocycles. The number of nitrogens with zero attached hydrogens (tertiary/aromatic N) is 1. The summed E-state index contributed by atoms with van der Waals surface area (Å²) < 4.78 is 0. The van der Waals surface area contributed by atoms with Crippen LogP contribution < -0.4 is 5.32 Å². The van der Waals surface area contributed by atoms with Crippen LogP contribution in [0.25, 0.3) is 10.9 Å². The number of nitrogens with one attached hydrogen (secondary N) is 1. The van der Waals surface area contributed by atoms with E-state index in [1.807, 2.05) is 0 Å². The molecule has 0 radical (unpaired) electrons. The first-order chi connectivity index (χ1) is 9.99. The fourth-order valence-corrected chi connectivity index (χ4v) is 2.74. The van der Waals surface area contributed by atoms with Gasteiger partial charge >= 0.3 is 0 Å². The molecule has 0 aliphatic heterocycles. The number of rotatable bonds is 4. The Morgan fingerprint density at radius 2 is 1.95 bits per heavy atom. The van der Waals surface area contributed by atoms with Gasteiger partial charge in [0.2, 0.25) is 0 Å². The monoisotopic (exact) mass is 282 g/mol. The van der Waals surface area contributed by atoms with E-state index in [0.29, 0.717) is 0 Å². The summed E-state index contributed by atoms with van der Waals surface area (Å²) in [6.45, 7) is 9.90. The molecule has 112 valence electrons. The average Bonchev–Trinajstić information content (AvgIpc) is 3.27. The second-order valence-corrected chi connectivity index (χ2v) is 7.24. The Hall–Kier alpha value is -1.41. The number of fused-ring (bicyclic) bond motifs is 1. The molecule has 0 amide bonds. The van der Waals surface area contributed by atoms with Gasteiger partial charge in [0.1, 0.15) is 0 Å². The lowest BCUT2D eigenvalue weighted by molar-refractivity contribution is 0.569. The van der Waals surface area contributed by atoms with E-state index in [-0.39, 0.29) is 5.41 Å². The minimum Gasteiger partial charge on any atom is -0.310 e. The van der Waals surface area contributed by atoms with Crippen molar-refractivity contribution in [3.05, 3.63) is 41.1 Å². The van der Waals surface area contributed by atoms with Crippen LogP contribution in [0.15, 0.2) is 24.3 Å². The first-order valence-electron chi connectivity index (χ1n) is 8.14. The maximum atomic E-state index is 4.99. The summed E-state index contributed by atoms with van der Waals surface area (Å²) in [4.78, 5) is 4.99. The molecule has 2 aromatic rings. The third-order valence-electron chi connectivity index (χ3n) is 4.32. The van der Waals surface area contributed by atoms with Crippen LogP contribution in [0.2, 0.25) is 0 Å². The lowest BCUT2D eigenvalue weighted by atomic mass is 9.89. The van der Waals surface area contributed by atoms with Crippen LogP contribution in [-0.2, 0) is 18.4 Å². The van der Waals surface area contributed by atoms with Crippen LogP contribution in [-0.4, -0.2) is 11.0 Å². The second-order valence-electron chi connectivity index (χ2n) is 7.24. The standard InChI is InChI=1S/C19H26N2/c1-5-13-7-6-8-16-14(12-20-15-9-10-15)11-17(19(2,3)4)21-18(13)16/h6-8,11,15,20H,5,9-10,12H2,1-4H3. The Bertz CT molecular complexity index is 648. The summed E-state index contributed by atoms with van der Waals surface area (Å²) in [6.07, 6.45) is 3.69. The number of pyridine rings is 1. The van der Waals surface area contributed by atoms with Gasteiger partial charge in [-0.25, -0.2) is 0 Å². The fourth-order valence-electron chi connectivity index (χ4n) is 2.74. The molecule has 1 saturated carbocycles. The third kappa shape index (κ3) is 3.11. The molecule has 0 spiro atoms. The van der Waals surface area contributed by atoms with E-state index in [9.17, 15) is 0 Å². The number of benzene rings is 1. The molecular formula is C19H26N2. The van der Waals surface area contributed by atoms with E-state index in [0.717, 1.165) is 19.0 Å². The zero-order valence-electron chi connectivity index (χ0n) is 13.7. The first-order valence-corrected chi connectivity index (χ1v) is 8.14. The lowest BCUT2D eigenvalue weighted by Gasteiger charge is -2.21. The zero-order valence-corrected chi connectivity index (χ0v) is 13.7. The summed E-state index contributed by atoms with van der Waals surface area (Å²) in [6, 6.07) is 9.63. The van der Waals surface area contributed by atoms with Crippen molar-refractivity contribution in [1.29, 1.82) is 0 Å². The number of para-hydroxylation sites is 1. The summed E-state index contributed by atoms with van der Waals surface area (Å²) in [5, 5.41) is 4.97. The molecule has 1 fully saturated rings. The molecule has 1 aliphatic rings. The van der Waals surface area contributed by atoms with Gasteiger partial charge in [-0.05, 0) is 36.5 Å². The molecule has 0 unspecified atom stereocenters. The minimum absolute atomic E-state index is 0.0867. The minimum atomic E-state index is 0.0867. The van der Waals surface area contributed by atoms with E-state index >= 15 is 0 Å². The molecule has 21 heavy (non-hydrogen) atoms. The number of aryl methyl sites for hydroxylation is 1. The summed E-state index contributed by atoms with van der Waals surface area (Å²) >= 11 is 0. The van der Waals surface area contributed by atoms with E-state index in [2.05, 4.69) is 57.3 Å². The second kappa shape index (κ2) is 5.42. The van der Waals surface area contributed by atoms with Gasteiger partial charge in [0.25, 0.3) is 0 Å². The highest BCUT2D eigenvalue weighted by molar-refractivity contribution is 5.85. The highest BCUT2D eigenvalue weighted by Crippen LogP contribution is 2.29. The molecule has 0 atom stereocenters. The molecular weight excluding hydrogens is 256 g/mol. The Labute approximate surface area is 128 Å². The predicted octanol–water partition coefficient (Wildman–Crippen LogP) is 4.35. The third-order valence-corrected chi connectivity index (χ3v) is 4.32. The Balaban J connectivity index is 2.12. The van der Waals surface area contributed by atoms with Gasteiger partial charge in [0.15, 0.2) is 0 Å². The molecule has 1 heterocycles.